The molecule has 6 heteroatoms. The number of ether oxygens (including phenoxy) is 1. The standard InChI is InChI=1S/C15H17F2N3O/c1-9(2)8-21-15-11(18)6-7-13(20-15)19-12-5-3-4-10(16)14(12)17/h3-7,9H,8,18H2,1-2H3,(H,19,20). The lowest BCUT2D eigenvalue weighted by Crippen LogP contribution is -2.08. The van der Waals surface area contributed by atoms with Crippen molar-refractivity contribution in [3.05, 3.63) is 42.0 Å². The van der Waals surface area contributed by atoms with Crippen LogP contribution in [0.25, 0.3) is 0 Å². The van der Waals surface area contributed by atoms with Crippen molar-refractivity contribution in [1.29, 1.82) is 0 Å². The molecule has 0 radical (unpaired) electrons. The van der Waals surface area contributed by atoms with Gasteiger partial charge in [-0.25, -0.2) is 8.78 Å². The van der Waals surface area contributed by atoms with Crippen molar-refractivity contribution in [2.75, 3.05) is 17.7 Å². The van der Waals surface area contributed by atoms with Gasteiger partial charge in [0.15, 0.2) is 11.6 Å². The highest BCUT2D eigenvalue weighted by molar-refractivity contribution is 5.61. The molecule has 0 spiro atoms. The molecular formula is C15H17F2N3O. The minimum absolute atomic E-state index is 0.00193. The van der Waals surface area contributed by atoms with E-state index in [0.717, 1.165) is 6.07 Å². The van der Waals surface area contributed by atoms with Gasteiger partial charge in [0.25, 0.3) is 0 Å². The van der Waals surface area contributed by atoms with E-state index in [9.17, 15) is 8.78 Å². The molecule has 0 aliphatic rings. The van der Waals surface area contributed by atoms with Crippen LogP contribution in [-0.2, 0) is 0 Å². The summed E-state index contributed by atoms with van der Waals surface area (Å²) in [5.41, 5.74) is 6.17. The molecule has 0 atom stereocenters. The molecular weight excluding hydrogens is 276 g/mol. The van der Waals surface area contributed by atoms with Gasteiger partial charge in [0.2, 0.25) is 5.88 Å². The Morgan fingerprint density at radius 1 is 1.24 bits per heavy atom. The second kappa shape index (κ2) is 6.39. The molecule has 1 aromatic heterocycles. The summed E-state index contributed by atoms with van der Waals surface area (Å²) in [4.78, 5) is 4.16. The maximum atomic E-state index is 13.6. The lowest BCUT2D eigenvalue weighted by molar-refractivity contribution is 0.263. The van der Waals surface area contributed by atoms with E-state index in [2.05, 4.69) is 10.3 Å². The van der Waals surface area contributed by atoms with Gasteiger partial charge in [-0.3, -0.25) is 0 Å². The lowest BCUT2D eigenvalue weighted by atomic mass is 10.2. The van der Waals surface area contributed by atoms with E-state index < -0.39 is 11.6 Å². The van der Waals surface area contributed by atoms with Crippen LogP contribution in [0.1, 0.15) is 13.8 Å². The van der Waals surface area contributed by atoms with Crippen molar-refractivity contribution in [2.45, 2.75) is 13.8 Å². The predicted octanol–water partition coefficient (Wildman–Crippen LogP) is 3.72. The number of pyridine rings is 1. The molecule has 2 rings (SSSR count). The van der Waals surface area contributed by atoms with E-state index in [1.54, 1.807) is 12.1 Å². The summed E-state index contributed by atoms with van der Waals surface area (Å²) >= 11 is 0. The van der Waals surface area contributed by atoms with Crippen LogP contribution in [0.5, 0.6) is 5.88 Å². The Morgan fingerprint density at radius 3 is 2.71 bits per heavy atom. The van der Waals surface area contributed by atoms with Gasteiger partial charge in [0.05, 0.1) is 18.0 Å². The number of benzene rings is 1. The van der Waals surface area contributed by atoms with Crippen LogP contribution >= 0.6 is 0 Å². The number of hydrogen-bond donors (Lipinski definition) is 2. The van der Waals surface area contributed by atoms with Crippen LogP contribution in [0.3, 0.4) is 0 Å². The zero-order valence-electron chi connectivity index (χ0n) is 11.9. The molecule has 112 valence electrons. The third kappa shape index (κ3) is 3.81. The number of nitrogens with zero attached hydrogens (tertiary/aromatic N) is 1. The van der Waals surface area contributed by atoms with Crippen LogP contribution in [0.4, 0.5) is 26.0 Å². The average molecular weight is 293 g/mol. The van der Waals surface area contributed by atoms with Gasteiger partial charge in [-0.05, 0) is 30.2 Å². The molecule has 4 nitrogen and oxygen atoms in total. The van der Waals surface area contributed by atoms with E-state index in [0.29, 0.717) is 24.0 Å². The van der Waals surface area contributed by atoms with Gasteiger partial charge in [0, 0.05) is 0 Å². The van der Waals surface area contributed by atoms with E-state index in [1.165, 1.54) is 12.1 Å². The van der Waals surface area contributed by atoms with Gasteiger partial charge >= 0.3 is 0 Å². The first-order valence-corrected chi connectivity index (χ1v) is 6.57. The van der Waals surface area contributed by atoms with E-state index in [-0.39, 0.29) is 11.6 Å². The number of halogens is 2. The van der Waals surface area contributed by atoms with Crippen molar-refractivity contribution in [2.24, 2.45) is 5.92 Å². The number of anilines is 3. The minimum atomic E-state index is -0.958. The van der Waals surface area contributed by atoms with Crippen LogP contribution in [0.2, 0.25) is 0 Å². The molecule has 0 saturated heterocycles. The Morgan fingerprint density at radius 2 is 2.00 bits per heavy atom. The summed E-state index contributed by atoms with van der Waals surface area (Å²) in [6, 6.07) is 7.05. The van der Waals surface area contributed by atoms with Crippen molar-refractivity contribution in [1.82, 2.24) is 4.98 Å². The molecule has 3 N–H and O–H groups in total. The van der Waals surface area contributed by atoms with Gasteiger partial charge < -0.3 is 15.8 Å². The Bertz CT molecular complexity index is 632. The number of rotatable bonds is 5. The summed E-state index contributed by atoms with van der Waals surface area (Å²) in [6.45, 7) is 4.47. The highest BCUT2D eigenvalue weighted by atomic mass is 19.2. The molecule has 0 fully saturated rings. The fourth-order valence-corrected chi connectivity index (χ4v) is 1.62. The zero-order valence-corrected chi connectivity index (χ0v) is 11.9. The molecule has 0 amide bonds. The predicted molar refractivity (Wildman–Crippen MR) is 78.6 cm³/mol. The topological polar surface area (TPSA) is 60.2 Å². The normalized spacial score (nSPS) is 10.7. The number of hydrogen-bond acceptors (Lipinski definition) is 4. The maximum absolute atomic E-state index is 13.6. The van der Waals surface area contributed by atoms with E-state index >= 15 is 0 Å². The third-order valence-electron chi connectivity index (χ3n) is 2.66. The Balaban J connectivity index is 2.20. The van der Waals surface area contributed by atoms with Crippen molar-refractivity contribution >= 4 is 17.2 Å². The Kier molecular flexibility index (Phi) is 4.57. The van der Waals surface area contributed by atoms with Gasteiger partial charge in [-0.2, -0.15) is 4.98 Å². The molecule has 21 heavy (non-hydrogen) atoms. The average Bonchev–Trinajstić information content (AvgIpc) is 2.44. The van der Waals surface area contributed by atoms with E-state index in [4.69, 9.17) is 10.5 Å². The molecule has 0 aliphatic heterocycles. The monoisotopic (exact) mass is 293 g/mol. The SMILES string of the molecule is CC(C)COc1nc(Nc2cccc(F)c2F)ccc1N. The number of nitrogen functional groups attached to an aromatic ring is 1. The van der Waals surface area contributed by atoms with Crippen molar-refractivity contribution in [3.63, 3.8) is 0 Å². The summed E-state index contributed by atoms with van der Waals surface area (Å²) < 4.78 is 32.2. The molecule has 0 aliphatic carbocycles. The van der Waals surface area contributed by atoms with Gasteiger partial charge in [0.1, 0.15) is 5.82 Å². The summed E-state index contributed by atoms with van der Waals surface area (Å²) in [5, 5.41) is 2.71. The first kappa shape index (κ1) is 15.0. The minimum Gasteiger partial charge on any atom is -0.476 e. The van der Waals surface area contributed by atoms with Crippen LogP contribution in [0.15, 0.2) is 30.3 Å². The molecule has 0 saturated carbocycles. The first-order valence-electron chi connectivity index (χ1n) is 6.57. The van der Waals surface area contributed by atoms with Crippen molar-refractivity contribution < 1.29 is 13.5 Å². The largest absolute Gasteiger partial charge is 0.476 e. The Hall–Kier alpha value is -2.37. The number of nitrogens with one attached hydrogen (secondary N) is 1. The quantitative estimate of drug-likeness (QED) is 0.882. The van der Waals surface area contributed by atoms with Crippen LogP contribution in [0, 0.1) is 17.6 Å². The summed E-state index contributed by atoms with van der Waals surface area (Å²) in [7, 11) is 0. The molecule has 1 heterocycles. The Labute approximate surface area is 122 Å². The molecule has 0 bridgehead atoms. The third-order valence-corrected chi connectivity index (χ3v) is 2.66. The maximum Gasteiger partial charge on any atom is 0.239 e. The summed E-state index contributed by atoms with van der Waals surface area (Å²) in [6.07, 6.45) is 0. The fraction of sp³-hybridized carbons (Fsp3) is 0.267. The van der Waals surface area contributed by atoms with E-state index in [1.807, 2.05) is 13.8 Å². The second-order valence-corrected chi connectivity index (χ2v) is 5.02. The zero-order chi connectivity index (χ0) is 15.4. The molecule has 1 aromatic carbocycles. The van der Waals surface area contributed by atoms with Gasteiger partial charge in [-0.15, -0.1) is 0 Å². The van der Waals surface area contributed by atoms with Crippen molar-refractivity contribution in [3.8, 4) is 5.88 Å². The highest BCUT2D eigenvalue weighted by Gasteiger charge is 2.10. The van der Waals surface area contributed by atoms with Crippen LogP contribution < -0.4 is 15.8 Å². The number of nitrogens with two attached hydrogens (primary N) is 1. The lowest BCUT2D eigenvalue weighted by Gasteiger charge is -2.12. The number of aromatic nitrogens is 1. The molecule has 2 aromatic rings. The van der Waals surface area contributed by atoms with Crippen LogP contribution in [-0.4, -0.2) is 11.6 Å². The summed E-state index contributed by atoms with van der Waals surface area (Å²) in [5.74, 6) is -0.964. The first-order chi connectivity index (χ1) is 9.97. The highest BCUT2D eigenvalue weighted by Crippen LogP contribution is 2.25. The van der Waals surface area contributed by atoms with Gasteiger partial charge in [-0.1, -0.05) is 19.9 Å². The smallest absolute Gasteiger partial charge is 0.239 e. The second-order valence-electron chi connectivity index (χ2n) is 5.02. The molecule has 0 unspecified atom stereocenters. The fourth-order valence-electron chi connectivity index (χ4n) is 1.62.